The molecule has 3 N–H and O–H groups in total. The van der Waals surface area contributed by atoms with E-state index in [0.717, 1.165) is 25.9 Å². The van der Waals surface area contributed by atoms with E-state index in [1.165, 1.54) is 32.1 Å². The van der Waals surface area contributed by atoms with Crippen LogP contribution in [0.25, 0.3) is 0 Å². The van der Waals surface area contributed by atoms with Crippen molar-refractivity contribution in [1.29, 1.82) is 0 Å². The third-order valence-corrected chi connectivity index (χ3v) is 8.05. The molecule has 8 heteroatoms. The molecule has 3 aliphatic rings. The number of aliphatic imine (C=N–C) groups is 1. The van der Waals surface area contributed by atoms with Crippen molar-refractivity contribution in [2.75, 3.05) is 32.5 Å². The Labute approximate surface area is 164 Å². The van der Waals surface area contributed by atoms with E-state index in [1.807, 2.05) is 0 Å². The predicted molar refractivity (Wildman–Crippen MR) is 108 cm³/mol. The average molecular weight is 401 g/mol. The summed E-state index contributed by atoms with van der Waals surface area (Å²) in [5.74, 6) is 1.29. The summed E-state index contributed by atoms with van der Waals surface area (Å²) in [5, 5.41) is 6.70. The lowest BCUT2D eigenvalue weighted by Crippen LogP contribution is -2.65. The Morgan fingerprint density at radius 3 is 2.56 bits per heavy atom. The van der Waals surface area contributed by atoms with Crippen LogP contribution in [0.15, 0.2) is 4.99 Å². The van der Waals surface area contributed by atoms with Crippen LogP contribution in [0, 0.1) is 11.3 Å². The Kier molecular flexibility index (Phi) is 7.03. The van der Waals surface area contributed by atoms with E-state index < -0.39 is 10.0 Å². The van der Waals surface area contributed by atoms with Crippen LogP contribution in [0.5, 0.6) is 0 Å². The highest BCUT2D eigenvalue weighted by Crippen LogP contribution is 2.54. The second-order valence-corrected chi connectivity index (χ2v) is 10.2. The minimum absolute atomic E-state index is 0.0673. The number of nitrogens with zero attached hydrogens (tertiary/aromatic N) is 1. The van der Waals surface area contributed by atoms with Gasteiger partial charge >= 0.3 is 0 Å². The van der Waals surface area contributed by atoms with Gasteiger partial charge < -0.3 is 15.4 Å². The van der Waals surface area contributed by atoms with E-state index in [4.69, 9.17) is 4.74 Å². The molecule has 0 aromatic carbocycles. The molecule has 3 fully saturated rings. The van der Waals surface area contributed by atoms with Gasteiger partial charge in [0.15, 0.2) is 5.96 Å². The summed E-state index contributed by atoms with van der Waals surface area (Å²) in [6, 6.07) is 0.357. The molecule has 27 heavy (non-hydrogen) atoms. The maximum absolute atomic E-state index is 12.1. The van der Waals surface area contributed by atoms with Gasteiger partial charge in [0.05, 0.1) is 11.9 Å². The van der Waals surface area contributed by atoms with Crippen LogP contribution in [-0.2, 0) is 14.8 Å². The molecule has 2 atom stereocenters. The van der Waals surface area contributed by atoms with Crippen LogP contribution in [0.3, 0.4) is 0 Å². The van der Waals surface area contributed by atoms with Gasteiger partial charge in [-0.2, -0.15) is 0 Å². The molecule has 3 aliphatic carbocycles. The Hall–Kier alpha value is -0.860. The SMILES string of the molecule is CCOC1CC(NC(=NC)NCCS(=O)(=O)NCC2CCC2)C12CCCC2. The molecule has 156 valence electrons. The lowest BCUT2D eigenvalue weighted by molar-refractivity contribution is -0.125. The minimum Gasteiger partial charge on any atom is -0.378 e. The summed E-state index contributed by atoms with van der Waals surface area (Å²) in [6.45, 7) is 3.76. The normalized spacial score (nSPS) is 28.0. The van der Waals surface area contributed by atoms with Crippen LogP contribution in [0.1, 0.15) is 58.3 Å². The summed E-state index contributed by atoms with van der Waals surface area (Å²) in [5.41, 5.74) is 0.226. The zero-order valence-electron chi connectivity index (χ0n) is 16.8. The fourth-order valence-corrected chi connectivity index (χ4v) is 5.77. The number of ether oxygens (including phenoxy) is 1. The van der Waals surface area contributed by atoms with E-state index in [9.17, 15) is 8.42 Å². The number of sulfonamides is 1. The molecule has 0 aromatic rings. The molecule has 3 rings (SSSR count). The summed E-state index contributed by atoms with van der Waals surface area (Å²) >= 11 is 0. The van der Waals surface area contributed by atoms with Crippen molar-refractivity contribution in [2.24, 2.45) is 16.3 Å². The number of rotatable bonds is 9. The molecule has 1 spiro atoms. The summed E-state index contributed by atoms with van der Waals surface area (Å²) in [4.78, 5) is 4.29. The first-order valence-corrected chi connectivity index (χ1v) is 12.2. The van der Waals surface area contributed by atoms with Gasteiger partial charge in [-0.25, -0.2) is 13.1 Å². The Bertz CT molecular complexity index is 612. The third-order valence-electron chi connectivity index (χ3n) is 6.70. The van der Waals surface area contributed by atoms with Gasteiger partial charge in [-0.3, -0.25) is 4.99 Å². The zero-order chi connectivity index (χ0) is 19.3. The molecule has 0 aromatic heterocycles. The molecular weight excluding hydrogens is 364 g/mol. The van der Waals surface area contributed by atoms with Crippen molar-refractivity contribution in [1.82, 2.24) is 15.4 Å². The lowest BCUT2D eigenvalue weighted by Gasteiger charge is -2.54. The first-order chi connectivity index (χ1) is 13.0. The van der Waals surface area contributed by atoms with Gasteiger partial charge in [-0.05, 0) is 44.9 Å². The smallest absolute Gasteiger partial charge is 0.213 e. The number of hydrogen-bond acceptors (Lipinski definition) is 4. The van der Waals surface area contributed by atoms with Crippen molar-refractivity contribution in [3.05, 3.63) is 0 Å². The van der Waals surface area contributed by atoms with E-state index in [2.05, 4.69) is 27.3 Å². The van der Waals surface area contributed by atoms with Gasteiger partial charge in [0.2, 0.25) is 10.0 Å². The molecular formula is C19H36N4O3S. The lowest BCUT2D eigenvalue weighted by atomic mass is 9.60. The molecule has 0 saturated heterocycles. The summed E-state index contributed by atoms with van der Waals surface area (Å²) < 4.78 is 32.9. The quantitative estimate of drug-likeness (QED) is 0.404. The van der Waals surface area contributed by atoms with Gasteiger partial charge in [-0.1, -0.05) is 19.3 Å². The maximum Gasteiger partial charge on any atom is 0.213 e. The summed E-state index contributed by atoms with van der Waals surface area (Å²) in [6.07, 6.45) is 9.77. The standard InChI is InChI=1S/C19H36N4O3S/c1-3-26-17-13-16(19(17)9-4-5-10-19)23-18(20-2)21-11-12-27(24,25)22-14-15-7-6-8-15/h15-17,22H,3-14H2,1-2H3,(H2,20,21,23). The molecule has 2 unspecified atom stereocenters. The van der Waals surface area contributed by atoms with E-state index in [1.54, 1.807) is 7.05 Å². The first-order valence-electron chi connectivity index (χ1n) is 10.5. The Morgan fingerprint density at radius 2 is 1.96 bits per heavy atom. The zero-order valence-corrected chi connectivity index (χ0v) is 17.6. The van der Waals surface area contributed by atoms with Crippen molar-refractivity contribution < 1.29 is 13.2 Å². The monoisotopic (exact) mass is 400 g/mol. The van der Waals surface area contributed by atoms with E-state index in [0.29, 0.717) is 37.1 Å². The predicted octanol–water partition coefficient (Wildman–Crippen LogP) is 1.61. The minimum atomic E-state index is -3.23. The number of nitrogens with one attached hydrogen (secondary N) is 3. The van der Waals surface area contributed by atoms with Crippen LogP contribution in [0.2, 0.25) is 0 Å². The molecule has 0 heterocycles. The fraction of sp³-hybridized carbons (Fsp3) is 0.947. The largest absolute Gasteiger partial charge is 0.378 e. The third kappa shape index (κ3) is 4.95. The number of guanidine groups is 1. The van der Waals surface area contributed by atoms with Crippen molar-refractivity contribution in [3.63, 3.8) is 0 Å². The first kappa shape index (κ1) is 20.9. The average Bonchev–Trinajstić information content (AvgIpc) is 3.10. The highest BCUT2D eigenvalue weighted by atomic mass is 32.2. The van der Waals surface area contributed by atoms with Crippen LogP contribution >= 0.6 is 0 Å². The van der Waals surface area contributed by atoms with Gasteiger partial charge in [0.1, 0.15) is 0 Å². The second kappa shape index (κ2) is 9.09. The van der Waals surface area contributed by atoms with Crippen LogP contribution < -0.4 is 15.4 Å². The molecule has 0 bridgehead atoms. The van der Waals surface area contributed by atoms with Crippen LogP contribution in [0.4, 0.5) is 0 Å². The maximum atomic E-state index is 12.1. The molecule has 7 nitrogen and oxygen atoms in total. The van der Waals surface area contributed by atoms with E-state index in [-0.39, 0.29) is 11.2 Å². The second-order valence-electron chi connectivity index (χ2n) is 8.28. The van der Waals surface area contributed by atoms with Gasteiger partial charge in [-0.15, -0.1) is 0 Å². The fourth-order valence-electron chi connectivity index (χ4n) is 4.77. The molecule has 0 radical (unpaired) electrons. The van der Waals surface area contributed by atoms with Crippen molar-refractivity contribution in [2.45, 2.75) is 70.4 Å². The van der Waals surface area contributed by atoms with Gasteiger partial charge in [0.25, 0.3) is 0 Å². The Balaban J connectivity index is 1.43. The highest BCUT2D eigenvalue weighted by Gasteiger charge is 2.56. The topological polar surface area (TPSA) is 91.8 Å². The Morgan fingerprint density at radius 1 is 1.22 bits per heavy atom. The summed E-state index contributed by atoms with van der Waals surface area (Å²) in [7, 11) is -1.50. The molecule has 0 aliphatic heterocycles. The molecule has 3 saturated carbocycles. The van der Waals surface area contributed by atoms with E-state index >= 15 is 0 Å². The highest BCUT2D eigenvalue weighted by molar-refractivity contribution is 7.89. The van der Waals surface area contributed by atoms with Gasteiger partial charge in [0, 0.05) is 38.2 Å². The number of hydrogen-bond donors (Lipinski definition) is 3. The van der Waals surface area contributed by atoms with Crippen molar-refractivity contribution in [3.8, 4) is 0 Å². The molecule has 0 amide bonds. The van der Waals surface area contributed by atoms with Crippen molar-refractivity contribution >= 4 is 16.0 Å². The van der Waals surface area contributed by atoms with Crippen LogP contribution in [-0.4, -0.2) is 59.0 Å².